The number of allylic oxidation sites excluding steroid dienone is 2. The van der Waals surface area contributed by atoms with Crippen LogP contribution in [0.5, 0.6) is 0 Å². The molecule has 3 heterocycles. The van der Waals surface area contributed by atoms with Gasteiger partial charge in [-0.3, -0.25) is 9.36 Å². The molecule has 31 heavy (non-hydrogen) atoms. The minimum absolute atomic E-state index is 0.165. The van der Waals surface area contributed by atoms with E-state index in [1.165, 1.54) is 22.7 Å². The van der Waals surface area contributed by atoms with Crippen LogP contribution in [0.4, 0.5) is 0 Å². The van der Waals surface area contributed by atoms with Crippen molar-refractivity contribution in [2.45, 2.75) is 32.9 Å². The Morgan fingerprint density at radius 1 is 1.19 bits per heavy atom. The molecule has 2 aromatic heterocycles. The third kappa shape index (κ3) is 4.38. The van der Waals surface area contributed by atoms with E-state index in [-0.39, 0.29) is 11.7 Å². The summed E-state index contributed by atoms with van der Waals surface area (Å²) < 4.78 is 7.66. The average Bonchev–Trinajstić information content (AvgIpc) is 3.36. The van der Waals surface area contributed by atoms with Gasteiger partial charge in [-0.1, -0.05) is 59.9 Å². The van der Waals surface area contributed by atoms with Crippen LogP contribution in [0.15, 0.2) is 75.0 Å². The van der Waals surface area contributed by atoms with Crippen molar-refractivity contribution in [2.75, 3.05) is 0 Å². The number of carbonyl (C=O) groups is 1. The van der Waals surface area contributed by atoms with E-state index >= 15 is 0 Å². The van der Waals surface area contributed by atoms with Gasteiger partial charge >= 0.3 is 5.97 Å². The molecule has 1 aliphatic rings. The molecule has 0 aliphatic carbocycles. The SMILES string of the molecule is CC1=C(C(=O)OC(C)C)[C@@H](c2cccs2)n2c(s/c(=C/C=C/c3ccccc3)c2=O)=N1. The number of aromatic nitrogens is 1. The summed E-state index contributed by atoms with van der Waals surface area (Å²) in [4.78, 5) is 32.3. The number of esters is 1. The van der Waals surface area contributed by atoms with Crippen LogP contribution in [0.25, 0.3) is 12.2 Å². The second-order valence-corrected chi connectivity index (χ2v) is 9.33. The van der Waals surface area contributed by atoms with Gasteiger partial charge < -0.3 is 4.74 Å². The molecule has 0 amide bonds. The van der Waals surface area contributed by atoms with E-state index in [0.717, 1.165) is 10.4 Å². The van der Waals surface area contributed by atoms with Crippen LogP contribution in [-0.2, 0) is 9.53 Å². The quantitative estimate of drug-likeness (QED) is 0.554. The Kier molecular flexibility index (Phi) is 6.15. The van der Waals surface area contributed by atoms with Crippen molar-refractivity contribution < 1.29 is 9.53 Å². The summed E-state index contributed by atoms with van der Waals surface area (Å²) in [5.41, 5.74) is 1.88. The lowest BCUT2D eigenvalue weighted by molar-refractivity contribution is -0.143. The second kappa shape index (κ2) is 8.99. The van der Waals surface area contributed by atoms with Crippen molar-refractivity contribution in [3.63, 3.8) is 0 Å². The topological polar surface area (TPSA) is 60.7 Å². The first-order valence-corrected chi connectivity index (χ1v) is 11.6. The highest BCUT2D eigenvalue weighted by Crippen LogP contribution is 2.33. The highest BCUT2D eigenvalue weighted by molar-refractivity contribution is 7.10. The summed E-state index contributed by atoms with van der Waals surface area (Å²) in [6.07, 6.45) is 5.35. The lowest BCUT2D eigenvalue weighted by Crippen LogP contribution is -2.39. The fraction of sp³-hybridized carbons (Fsp3) is 0.208. The van der Waals surface area contributed by atoms with Gasteiger partial charge in [-0.25, -0.2) is 9.79 Å². The van der Waals surface area contributed by atoms with Gasteiger partial charge in [0.1, 0.15) is 6.04 Å². The van der Waals surface area contributed by atoms with Crippen LogP contribution in [0, 0.1) is 0 Å². The summed E-state index contributed by atoms with van der Waals surface area (Å²) in [5.74, 6) is -0.437. The van der Waals surface area contributed by atoms with E-state index in [1.54, 1.807) is 17.6 Å². The number of rotatable bonds is 5. The standard InChI is InChI=1S/C24H22N2O3S2/c1-15(2)29-23(28)20-16(3)25-24-26(21(20)18-13-8-14-30-18)22(27)19(31-24)12-7-11-17-9-5-4-6-10-17/h4-15,21H,1-3H3/b11-7+,19-12+/t21-/m1/s1. The van der Waals surface area contributed by atoms with Crippen molar-refractivity contribution in [3.8, 4) is 0 Å². The maximum absolute atomic E-state index is 13.3. The molecule has 1 atom stereocenters. The Bertz CT molecular complexity index is 1330. The summed E-state index contributed by atoms with van der Waals surface area (Å²) in [6, 6.07) is 13.2. The monoisotopic (exact) mass is 450 g/mol. The molecule has 7 heteroatoms. The fourth-order valence-corrected chi connectivity index (χ4v) is 5.22. The lowest BCUT2D eigenvalue weighted by Gasteiger charge is -2.24. The third-order valence-electron chi connectivity index (χ3n) is 4.73. The Labute approximate surface area is 188 Å². The maximum atomic E-state index is 13.3. The van der Waals surface area contributed by atoms with Gasteiger partial charge in [0.2, 0.25) is 0 Å². The Morgan fingerprint density at radius 2 is 1.97 bits per heavy atom. The zero-order valence-corrected chi connectivity index (χ0v) is 19.1. The zero-order chi connectivity index (χ0) is 22.0. The second-order valence-electron chi connectivity index (χ2n) is 7.34. The predicted molar refractivity (Wildman–Crippen MR) is 126 cm³/mol. The molecule has 0 saturated carbocycles. The van der Waals surface area contributed by atoms with Crippen LogP contribution >= 0.6 is 22.7 Å². The van der Waals surface area contributed by atoms with E-state index in [0.29, 0.717) is 20.6 Å². The Morgan fingerprint density at radius 3 is 2.65 bits per heavy atom. The maximum Gasteiger partial charge on any atom is 0.338 e. The molecule has 3 aromatic rings. The van der Waals surface area contributed by atoms with Crippen molar-refractivity contribution in [1.29, 1.82) is 0 Å². The molecule has 1 aromatic carbocycles. The summed E-state index contributed by atoms with van der Waals surface area (Å²) in [5, 5.41) is 1.94. The molecule has 158 valence electrons. The van der Waals surface area contributed by atoms with Crippen molar-refractivity contribution >= 4 is 40.8 Å². The van der Waals surface area contributed by atoms with Crippen LogP contribution < -0.4 is 14.9 Å². The van der Waals surface area contributed by atoms with Crippen LogP contribution in [0.1, 0.15) is 37.3 Å². The van der Waals surface area contributed by atoms with E-state index in [9.17, 15) is 9.59 Å². The van der Waals surface area contributed by atoms with Crippen LogP contribution in [0.3, 0.4) is 0 Å². The van der Waals surface area contributed by atoms with Gasteiger partial charge in [-0.2, -0.15) is 0 Å². The van der Waals surface area contributed by atoms with Gasteiger partial charge in [-0.15, -0.1) is 11.3 Å². The molecule has 0 unspecified atom stereocenters. The molecule has 0 N–H and O–H groups in total. The average molecular weight is 451 g/mol. The largest absolute Gasteiger partial charge is 0.459 e. The predicted octanol–water partition coefficient (Wildman–Crippen LogP) is 3.91. The highest BCUT2D eigenvalue weighted by Gasteiger charge is 2.34. The van der Waals surface area contributed by atoms with E-state index in [4.69, 9.17) is 4.74 Å². The van der Waals surface area contributed by atoms with Crippen molar-refractivity contribution in [3.05, 3.63) is 95.3 Å². The molecule has 0 fully saturated rings. The van der Waals surface area contributed by atoms with Gasteiger partial charge in [0.05, 0.1) is 21.9 Å². The minimum atomic E-state index is -0.539. The van der Waals surface area contributed by atoms with Crippen molar-refractivity contribution in [1.82, 2.24) is 4.57 Å². The molecule has 1 aliphatic heterocycles. The molecule has 5 nitrogen and oxygen atoms in total. The smallest absolute Gasteiger partial charge is 0.338 e. The third-order valence-corrected chi connectivity index (χ3v) is 6.66. The zero-order valence-electron chi connectivity index (χ0n) is 17.4. The van der Waals surface area contributed by atoms with Crippen LogP contribution in [0.2, 0.25) is 0 Å². The van der Waals surface area contributed by atoms with E-state index in [2.05, 4.69) is 4.99 Å². The molecule has 0 radical (unpaired) electrons. The molecular weight excluding hydrogens is 428 g/mol. The summed E-state index contributed by atoms with van der Waals surface area (Å²) in [6.45, 7) is 5.41. The summed E-state index contributed by atoms with van der Waals surface area (Å²) in [7, 11) is 0. The first-order chi connectivity index (χ1) is 15.0. The minimum Gasteiger partial charge on any atom is -0.459 e. The number of hydrogen-bond donors (Lipinski definition) is 0. The molecule has 0 bridgehead atoms. The number of thiazole rings is 1. The Balaban J connectivity index is 1.82. The van der Waals surface area contributed by atoms with E-state index in [1.807, 2.05) is 73.8 Å². The number of ether oxygens (including phenoxy) is 1. The molecular formula is C24H22N2O3S2. The first kappa shape index (κ1) is 21.2. The lowest BCUT2D eigenvalue weighted by atomic mass is 10.0. The van der Waals surface area contributed by atoms with E-state index < -0.39 is 12.0 Å². The van der Waals surface area contributed by atoms with Crippen molar-refractivity contribution in [2.24, 2.45) is 4.99 Å². The number of thiophene rings is 1. The number of benzene rings is 1. The molecule has 0 spiro atoms. The number of carbonyl (C=O) groups excluding carboxylic acids is 1. The first-order valence-electron chi connectivity index (χ1n) is 9.94. The number of fused-ring (bicyclic) bond motifs is 1. The fourth-order valence-electron chi connectivity index (χ4n) is 3.40. The van der Waals surface area contributed by atoms with Gasteiger partial charge in [0.15, 0.2) is 4.80 Å². The highest BCUT2D eigenvalue weighted by atomic mass is 32.1. The van der Waals surface area contributed by atoms with Gasteiger partial charge in [0, 0.05) is 4.88 Å². The van der Waals surface area contributed by atoms with Crippen LogP contribution in [-0.4, -0.2) is 16.6 Å². The number of nitrogens with zero attached hydrogens (tertiary/aromatic N) is 2. The Hall–Kier alpha value is -3.03. The number of hydrogen-bond acceptors (Lipinski definition) is 6. The summed E-state index contributed by atoms with van der Waals surface area (Å²) >= 11 is 2.83. The molecule has 0 saturated heterocycles. The normalized spacial score (nSPS) is 16.6. The van der Waals surface area contributed by atoms with Gasteiger partial charge in [0.25, 0.3) is 5.56 Å². The van der Waals surface area contributed by atoms with Gasteiger partial charge in [-0.05, 0) is 43.9 Å². The molecule has 4 rings (SSSR count).